The second kappa shape index (κ2) is 8.03. The molecule has 0 aromatic carbocycles. The summed E-state index contributed by atoms with van der Waals surface area (Å²) in [6.45, 7) is 0.631. The first-order chi connectivity index (χ1) is 10.6. The number of hydrogen-bond acceptors (Lipinski definition) is 7. The van der Waals surface area contributed by atoms with Gasteiger partial charge in [0.25, 0.3) is 5.56 Å². The standard InChI is InChI=1S/C13H19N4O4P/c1-21-10-7-9-8-15-17-13(18)11(9)12(16-10)14-5-3-2-4-6-22(19)20/h7-8,19-20H,2-6H2,1H3,(H,14,16)(H,17,18). The second-order valence-corrected chi connectivity index (χ2v) is 5.95. The Labute approximate surface area is 128 Å². The van der Waals surface area contributed by atoms with E-state index >= 15 is 0 Å². The largest absolute Gasteiger partial charge is 0.481 e. The third kappa shape index (κ3) is 4.37. The molecule has 0 saturated carbocycles. The minimum absolute atomic E-state index is 0.304. The van der Waals surface area contributed by atoms with Crippen molar-refractivity contribution >= 4 is 25.0 Å². The van der Waals surface area contributed by atoms with Crippen molar-refractivity contribution < 1.29 is 14.5 Å². The van der Waals surface area contributed by atoms with E-state index in [0.717, 1.165) is 19.3 Å². The number of aromatic nitrogens is 3. The van der Waals surface area contributed by atoms with Gasteiger partial charge in [0.05, 0.1) is 18.7 Å². The monoisotopic (exact) mass is 326 g/mol. The van der Waals surface area contributed by atoms with Crippen molar-refractivity contribution in [2.24, 2.45) is 0 Å². The Morgan fingerprint density at radius 3 is 2.91 bits per heavy atom. The van der Waals surface area contributed by atoms with E-state index in [1.807, 2.05) is 0 Å². The van der Waals surface area contributed by atoms with E-state index in [1.165, 1.54) is 7.11 Å². The lowest BCUT2D eigenvalue weighted by Gasteiger charge is -2.10. The van der Waals surface area contributed by atoms with Crippen molar-refractivity contribution in [2.75, 3.05) is 25.1 Å². The number of nitrogens with one attached hydrogen (secondary N) is 2. The van der Waals surface area contributed by atoms with E-state index in [1.54, 1.807) is 12.3 Å². The Balaban J connectivity index is 2.05. The SMILES string of the molecule is COc1cc2cn[nH]c(=O)c2c(NCCCCCP(O)O)n1. The molecule has 0 spiro atoms. The van der Waals surface area contributed by atoms with Gasteiger partial charge in [-0.25, -0.2) is 5.10 Å². The van der Waals surface area contributed by atoms with Crippen LogP contribution >= 0.6 is 8.38 Å². The molecule has 120 valence electrons. The maximum atomic E-state index is 11.9. The van der Waals surface area contributed by atoms with Gasteiger partial charge in [-0.1, -0.05) is 6.42 Å². The zero-order valence-corrected chi connectivity index (χ0v) is 13.1. The molecule has 0 aliphatic heterocycles. The Morgan fingerprint density at radius 2 is 2.18 bits per heavy atom. The first kappa shape index (κ1) is 16.6. The van der Waals surface area contributed by atoms with Crippen molar-refractivity contribution in [2.45, 2.75) is 19.3 Å². The zero-order valence-electron chi connectivity index (χ0n) is 12.2. The fourth-order valence-electron chi connectivity index (χ4n) is 2.09. The molecule has 0 aliphatic carbocycles. The van der Waals surface area contributed by atoms with Gasteiger partial charge in [-0.15, -0.1) is 0 Å². The molecular formula is C13H19N4O4P. The van der Waals surface area contributed by atoms with Crippen LogP contribution in [-0.2, 0) is 0 Å². The van der Waals surface area contributed by atoms with E-state index in [2.05, 4.69) is 20.5 Å². The molecule has 0 saturated heterocycles. The highest BCUT2D eigenvalue weighted by Crippen LogP contribution is 2.25. The second-order valence-electron chi connectivity index (χ2n) is 4.76. The third-order valence-corrected chi connectivity index (χ3v) is 3.88. The molecule has 0 radical (unpaired) electrons. The van der Waals surface area contributed by atoms with E-state index in [9.17, 15) is 4.79 Å². The van der Waals surface area contributed by atoms with Crippen LogP contribution in [0.15, 0.2) is 17.1 Å². The Bertz CT molecular complexity index is 677. The molecule has 9 heteroatoms. The predicted octanol–water partition coefficient (Wildman–Crippen LogP) is 1.21. The first-order valence-electron chi connectivity index (χ1n) is 6.93. The minimum atomic E-state index is -1.80. The highest BCUT2D eigenvalue weighted by Gasteiger charge is 2.10. The summed E-state index contributed by atoms with van der Waals surface area (Å²) < 4.78 is 5.13. The van der Waals surface area contributed by atoms with E-state index in [-0.39, 0.29) is 5.56 Å². The predicted molar refractivity (Wildman–Crippen MR) is 85.3 cm³/mol. The molecule has 0 unspecified atom stereocenters. The van der Waals surface area contributed by atoms with Gasteiger partial charge in [0.15, 0.2) is 8.38 Å². The van der Waals surface area contributed by atoms with Crippen LogP contribution in [0, 0.1) is 0 Å². The van der Waals surface area contributed by atoms with Crippen LogP contribution in [-0.4, -0.2) is 44.8 Å². The summed E-state index contributed by atoms with van der Waals surface area (Å²) in [6.07, 6.45) is 4.45. The molecule has 8 nitrogen and oxygen atoms in total. The number of aromatic amines is 1. The number of pyridine rings is 1. The molecule has 0 fully saturated rings. The summed E-state index contributed by atoms with van der Waals surface area (Å²) in [4.78, 5) is 33.8. The number of nitrogens with zero attached hydrogens (tertiary/aromatic N) is 2. The molecule has 2 aromatic heterocycles. The van der Waals surface area contributed by atoms with E-state index in [4.69, 9.17) is 14.5 Å². The van der Waals surface area contributed by atoms with Crippen LogP contribution in [0.4, 0.5) is 5.82 Å². The number of ether oxygens (including phenoxy) is 1. The lowest BCUT2D eigenvalue weighted by Crippen LogP contribution is -2.13. The summed E-state index contributed by atoms with van der Waals surface area (Å²) in [5.74, 6) is 0.873. The molecule has 2 aromatic rings. The molecule has 2 rings (SSSR count). The zero-order chi connectivity index (χ0) is 15.9. The molecule has 0 atom stereocenters. The van der Waals surface area contributed by atoms with Crippen LogP contribution in [0.3, 0.4) is 0 Å². The number of anilines is 1. The first-order valence-corrected chi connectivity index (χ1v) is 8.36. The molecular weight excluding hydrogens is 307 g/mol. The highest BCUT2D eigenvalue weighted by atomic mass is 31.2. The number of methoxy groups -OCH3 is 1. The van der Waals surface area contributed by atoms with Crippen molar-refractivity contribution in [1.82, 2.24) is 15.2 Å². The number of rotatable bonds is 8. The van der Waals surface area contributed by atoms with Crippen LogP contribution < -0.4 is 15.6 Å². The lowest BCUT2D eigenvalue weighted by atomic mass is 10.2. The van der Waals surface area contributed by atoms with Gasteiger partial charge in [-0.3, -0.25) is 4.79 Å². The minimum Gasteiger partial charge on any atom is -0.481 e. The van der Waals surface area contributed by atoms with Crippen molar-refractivity contribution in [3.8, 4) is 5.88 Å². The summed E-state index contributed by atoms with van der Waals surface area (Å²) >= 11 is 0. The highest BCUT2D eigenvalue weighted by molar-refractivity contribution is 7.45. The van der Waals surface area contributed by atoms with Gasteiger partial charge < -0.3 is 19.8 Å². The Hall–Kier alpha value is -1.76. The summed E-state index contributed by atoms with van der Waals surface area (Å²) in [6, 6.07) is 1.66. The van der Waals surface area contributed by atoms with Gasteiger partial charge in [0.2, 0.25) is 5.88 Å². The van der Waals surface area contributed by atoms with E-state index in [0.29, 0.717) is 35.2 Å². The maximum Gasteiger partial charge on any atom is 0.275 e. The lowest BCUT2D eigenvalue weighted by molar-refractivity contribution is 0.399. The van der Waals surface area contributed by atoms with Gasteiger partial charge in [0.1, 0.15) is 5.82 Å². The third-order valence-electron chi connectivity index (χ3n) is 3.16. The van der Waals surface area contributed by atoms with Gasteiger partial charge in [0, 0.05) is 24.2 Å². The molecule has 0 bridgehead atoms. The summed E-state index contributed by atoms with van der Waals surface area (Å²) in [5, 5.41) is 10.4. The van der Waals surface area contributed by atoms with Crippen molar-refractivity contribution in [3.63, 3.8) is 0 Å². The van der Waals surface area contributed by atoms with E-state index < -0.39 is 8.38 Å². The van der Waals surface area contributed by atoms with Crippen LogP contribution in [0.2, 0.25) is 0 Å². The van der Waals surface area contributed by atoms with Gasteiger partial charge in [-0.05, 0) is 12.8 Å². The van der Waals surface area contributed by atoms with Gasteiger partial charge >= 0.3 is 0 Å². The molecule has 22 heavy (non-hydrogen) atoms. The fourth-order valence-corrected chi connectivity index (χ4v) is 2.60. The van der Waals surface area contributed by atoms with Crippen LogP contribution in [0.25, 0.3) is 10.8 Å². The average molecular weight is 326 g/mol. The number of fused-ring (bicyclic) bond motifs is 1. The molecule has 0 amide bonds. The average Bonchev–Trinajstić information content (AvgIpc) is 2.50. The summed E-state index contributed by atoms with van der Waals surface area (Å²) in [5.41, 5.74) is -0.304. The number of unbranched alkanes of at least 4 members (excludes halogenated alkanes) is 2. The normalized spacial score (nSPS) is 11.1. The Kier molecular flexibility index (Phi) is 6.06. The van der Waals surface area contributed by atoms with Crippen LogP contribution in [0.5, 0.6) is 5.88 Å². The molecule has 0 aliphatic rings. The van der Waals surface area contributed by atoms with Crippen LogP contribution in [0.1, 0.15) is 19.3 Å². The quantitative estimate of drug-likeness (QED) is 0.425. The maximum absolute atomic E-state index is 11.9. The topological polar surface area (TPSA) is 120 Å². The fraction of sp³-hybridized carbons (Fsp3) is 0.462. The van der Waals surface area contributed by atoms with Crippen molar-refractivity contribution in [3.05, 3.63) is 22.6 Å². The number of H-pyrrole nitrogens is 1. The number of hydrogen-bond donors (Lipinski definition) is 4. The van der Waals surface area contributed by atoms with Gasteiger partial charge in [-0.2, -0.15) is 10.1 Å². The molecule has 2 heterocycles. The molecule has 4 N–H and O–H groups in total. The summed E-state index contributed by atoms with van der Waals surface area (Å²) in [7, 11) is -0.287. The van der Waals surface area contributed by atoms with Crippen molar-refractivity contribution in [1.29, 1.82) is 0 Å². The Morgan fingerprint density at radius 1 is 1.36 bits per heavy atom. The smallest absolute Gasteiger partial charge is 0.275 e.